The number of cyclic esters (lactones) is 1. The molecule has 1 aromatic carbocycles. The van der Waals surface area contributed by atoms with Crippen molar-refractivity contribution >= 4 is 23.5 Å². The van der Waals surface area contributed by atoms with Crippen LogP contribution < -0.4 is 4.90 Å². The second-order valence-electron chi connectivity index (χ2n) is 6.81. The molecule has 0 aliphatic carbocycles. The third-order valence-corrected chi connectivity index (χ3v) is 4.82. The number of carbonyl (C=O) groups excluding carboxylic acids is 2. The highest BCUT2D eigenvalue weighted by atomic mass is 19.1. The Kier molecular flexibility index (Phi) is 6.27. The lowest BCUT2D eigenvalue weighted by Gasteiger charge is -2.20. The van der Waals surface area contributed by atoms with Gasteiger partial charge >= 0.3 is 5.97 Å². The number of fused-ring (bicyclic) bond motifs is 1. The molecule has 6 heteroatoms. The Morgan fingerprint density at radius 2 is 1.89 bits per heavy atom. The number of anilines is 1. The summed E-state index contributed by atoms with van der Waals surface area (Å²) in [5, 5.41) is 10.5. The number of ketones is 1. The summed E-state index contributed by atoms with van der Waals surface area (Å²) in [6.07, 6.45) is 7.80. The Bertz CT molecular complexity index is 766. The number of alkyl halides is 1. The SMILES string of the molecule is O=C1OCC=CC(F)C(=O)CCCC=Cc2cc(N3CCCC3)cc(O)c21. The number of ether oxygens (including phenoxy) is 1. The van der Waals surface area contributed by atoms with Gasteiger partial charge in [-0.15, -0.1) is 0 Å². The van der Waals surface area contributed by atoms with Gasteiger partial charge < -0.3 is 14.7 Å². The molecule has 2 heterocycles. The molecule has 3 rings (SSSR count). The van der Waals surface area contributed by atoms with Gasteiger partial charge in [0.2, 0.25) is 0 Å². The molecule has 0 bridgehead atoms. The summed E-state index contributed by atoms with van der Waals surface area (Å²) in [5.74, 6) is -1.28. The summed E-state index contributed by atoms with van der Waals surface area (Å²) in [6.45, 7) is 1.68. The zero-order chi connectivity index (χ0) is 19.2. The molecule has 1 saturated heterocycles. The second kappa shape index (κ2) is 8.84. The number of aromatic hydroxyl groups is 1. The number of carbonyl (C=O) groups is 2. The lowest BCUT2D eigenvalue weighted by molar-refractivity contribution is -0.122. The van der Waals surface area contributed by atoms with Crippen LogP contribution >= 0.6 is 0 Å². The van der Waals surface area contributed by atoms with E-state index in [1.807, 2.05) is 12.1 Å². The van der Waals surface area contributed by atoms with Crippen LogP contribution in [0.4, 0.5) is 10.1 Å². The number of phenols is 1. The number of nitrogens with zero attached hydrogens (tertiary/aromatic N) is 1. The fraction of sp³-hybridized carbons (Fsp3) is 0.429. The lowest BCUT2D eigenvalue weighted by atomic mass is 10.0. The van der Waals surface area contributed by atoms with Crippen molar-refractivity contribution in [2.24, 2.45) is 0 Å². The highest BCUT2D eigenvalue weighted by Crippen LogP contribution is 2.32. The van der Waals surface area contributed by atoms with Crippen molar-refractivity contribution in [3.8, 4) is 5.75 Å². The second-order valence-corrected chi connectivity index (χ2v) is 6.81. The summed E-state index contributed by atoms with van der Waals surface area (Å²) >= 11 is 0. The maximum absolute atomic E-state index is 13.7. The van der Waals surface area contributed by atoms with Crippen LogP contribution in [0.25, 0.3) is 6.08 Å². The van der Waals surface area contributed by atoms with Crippen LogP contribution in [-0.4, -0.2) is 42.7 Å². The number of phenolic OH excluding ortho intramolecular Hbond substituents is 1. The first-order chi connectivity index (χ1) is 13.1. The van der Waals surface area contributed by atoms with Gasteiger partial charge in [-0.1, -0.05) is 12.2 Å². The van der Waals surface area contributed by atoms with Gasteiger partial charge in [-0.2, -0.15) is 0 Å². The summed E-state index contributed by atoms with van der Waals surface area (Å²) in [6, 6.07) is 3.47. The standard InChI is InChI=1S/C21H24FNO4/c22-17-8-6-12-27-21(26)20-15(7-2-1-3-9-18(17)24)13-16(14-19(20)25)23-10-4-5-11-23/h2,6-8,13-14,17,25H,1,3-5,9-12H2. The van der Waals surface area contributed by atoms with Gasteiger partial charge in [0.1, 0.15) is 17.9 Å². The summed E-state index contributed by atoms with van der Waals surface area (Å²) < 4.78 is 18.8. The fourth-order valence-electron chi connectivity index (χ4n) is 3.37. The van der Waals surface area contributed by atoms with E-state index in [4.69, 9.17) is 4.74 Å². The number of Topliss-reactive ketones (excluding diaryl/α,β-unsaturated/α-hetero) is 1. The van der Waals surface area contributed by atoms with E-state index in [0.717, 1.165) is 37.7 Å². The zero-order valence-corrected chi connectivity index (χ0v) is 15.2. The van der Waals surface area contributed by atoms with Gasteiger partial charge in [0.15, 0.2) is 12.0 Å². The molecule has 0 spiro atoms. The maximum Gasteiger partial charge on any atom is 0.342 e. The Morgan fingerprint density at radius 1 is 1.11 bits per heavy atom. The molecule has 1 atom stereocenters. The van der Waals surface area contributed by atoms with Crippen molar-refractivity contribution in [2.75, 3.05) is 24.6 Å². The molecule has 0 radical (unpaired) electrons. The normalized spacial score (nSPS) is 21.7. The van der Waals surface area contributed by atoms with E-state index in [9.17, 15) is 19.1 Å². The molecule has 1 aromatic rings. The van der Waals surface area contributed by atoms with Crippen molar-refractivity contribution in [3.63, 3.8) is 0 Å². The number of esters is 1. The molecule has 1 fully saturated rings. The van der Waals surface area contributed by atoms with Crippen molar-refractivity contribution in [2.45, 2.75) is 38.3 Å². The summed E-state index contributed by atoms with van der Waals surface area (Å²) in [7, 11) is 0. The van der Waals surface area contributed by atoms with Crippen molar-refractivity contribution in [1.82, 2.24) is 0 Å². The highest BCUT2D eigenvalue weighted by molar-refractivity contribution is 5.97. The molecule has 2 aliphatic heterocycles. The lowest BCUT2D eigenvalue weighted by Crippen LogP contribution is -2.18. The maximum atomic E-state index is 13.7. The van der Waals surface area contributed by atoms with E-state index < -0.39 is 17.9 Å². The predicted molar refractivity (Wildman–Crippen MR) is 102 cm³/mol. The quantitative estimate of drug-likeness (QED) is 0.599. The Morgan fingerprint density at radius 3 is 2.67 bits per heavy atom. The fourth-order valence-corrected chi connectivity index (χ4v) is 3.37. The molecule has 0 amide bonds. The highest BCUT2D eigenvalue weighted by Gasteiger charge is 2.21. The Balaban J connectivity index is 1.91. The first-order valence-electron chi connectivity index (χ1n) is 9.35. The monoisotopic (exact) mass is 373 g/mol. The van der Waals surface area contributed by atoms with Gasteiger partial charge in [0.05, 0.1) is 0 Å². The Hall–Kier alpha value is -2.63. The molecule has 144 valence electrons. The smallest absolute Gasteiger partial charge is 0.342 e. The molecular weight excluding hydrogens is 349 g/mol. The van der Waals surface area contributed by atoms with Crippen molar-refractivity contribution in [3.05, 3.63) is 41.5 Å². The largest absolute Gasteiger partial charge is 0.507 e. The molecule has 5 nitrogen and oxygen atoms in total. The molecule has 1 N–H and O–H groups in total. The van der Waals surface area contributed by atoms with E-state index in [1.165, 1.54) is 6.08 Å². The van der Waals surface area contributed by atoms with E-state index in [1.54, 1.807) is 12.1 Å². The number of rotatable bonds is 1. The molecule has 1 unspecified atom stereocenters. The van der Waals surface area contributed by atoms with Crippen molar-refractivity contribution in [1.29, 1.82) is 0 Å². The van der Waals surface area contributed by atoms with Crippen LogP contribution in [0.5, 0.6) is 5.75 Å². The zero-order valence-electron chi connectivity index (χ0n) is 15.2. The van der Waals surface area contributed by atoms with Gasteiger partial charge in [0, 0.05) is 31.3 Å². The van der Waals surface area contributed by atoms with Crippen LogP contribution in [0.15, 0.2) is 30.4 Å². The minimum Gasteiger partial charge on any atom is -0.507 e. The van der Waals surface area contributed by atoms with Gasteiger partial charge in [-0.3, -0.25) is 4.79 Å². The third-order valence-electron chi connectivity index (χ3n) is 4.82. The number of benzene rings is 1. The molecule has 0 aromatic heterocycles. The van der Waals surface area contributed by atoms with E-state index in [-0.39, 0.29) is 24.3 Å². The molecule has 2 aliphatic rings. The minimum absolute atomic E-state index is 0.104. The first-order valence-corrected chi connectivity index (χ1v) is 9.35. The van der Waals surface area contributed by atoms with E-state index in [0.29, 0.717) is 18.4 Å². The number of hydrogen-bond donors (Lipinski definition) is 1. The van der Waals surface area contributed by atoms with Crippen molar-refractivity contribution < 1.29 is 23.8 Å². The van der Waals surface area contributed by atoms with E-state index in [2.05, 4.69) is 4.90 Å². The number of allylic oxidation sites excluding steroid dienone is 2. The van der Waals surface area contributed by atoms with Crippen LogP contribution in [0.2, 0.25) is 0 Å². The molecular formula is C21H24FNO4. The van der Waals surface area contributed by atoms with E-state index >= 15 is 0 Å². The number of hydrogen-bond acceptors (Lipinski definition) is 5. The topological polar surface area (TPSA) is 66.8 Å². The average molecular weight is 373 g/mol. The molecule has 27 heavy (non-hydrogen) atoms. The minimum atomic E-state index is -1.68. The van der Waals surface area contributed by atoms with Crippen LogP contribution in [0.1, 0.15) is 48.0 Å². The third kappa shape index (κ3) is 4.76. The summed E-state index contributed by atoms with van der Waals surface area (Å²) in [5.41, 5.74) is 1.56. The Labute approximate surface area is 158 Å². The van der Waals surface area contributed by atoms with Crippen LogP contribution in [0.3, 0.4) is 0 Å². The van der Waals surface area contributed by atoms with Gasteiger partial charge in [-0.25, -0.2) is 9.18 Å². The molecule has 0 saturated carbocycles. The van der Waals surface area contributed by atoms with Gasteiger partial charge in [0.25, 0.3) is 0 Å². The predicted octanol–water partition coefficient (Wildman–Crippen LogP) is 3.81. The van der Waals surface area contributed by atoms with Crippen LogP contribution in [0, 0.1) is 0 Å². The number of halogens is 1. The average Bonchev–Trinajstić information content (AvgIpc) is 3.18. The van der Waals surface area contributed by atoms with Crippen LogP contribution in [-0.2, 0) is 9.53 Å². The summed E-state index contributed by atoms with van der Waals surface area (Å²) in [4.78, 5) is 26.3. The van der Waals surface area contributed by atoms with Gasteiger partial charge in [-0.05, 0) is 49.5 Å². The first kappa shape index (κ1) is 19.1.